The van der Waals surface area contributed by atoms with Crippen molar-refractivity contribution in [3.05, 3.63) is 11.6 Å². The van der Waals surface area contributed by atoms with E-state index in [2.05, 4.69) is 26.8 Å². The molecule has 0 aromatic heterocycles. The third kappa shape index (κ3) is 2.22. The lowest BCUT2D eigenvalue weighted by atomic mass is 9.68. The molecule has 0 bridgehead atoms. The second-order valence-corrected chi connectivity index (χ2v) is 6.89. The molecule has 20 heavy (non-hydrogen) atoms. The van der Waals surface area contributed by atoms with Crippen molar-refractivity contribution >= 4 is 0 Å². The first-order chi connectivity index (χ1) is 9.43. The van der Waals surface area contributed by atoms with E-state index < -0.39 is 12.3 Å². The van der Waals surface area contributed by atoms with Gasteiger partial charge in [-0.05, 0) is 40.0 Å². The minimum absolute atomic E-state index is 0.000637. The van der Waals surface area contributed by atoms with Gasteiger partial charge in [0.05, 0.1) is 30.3 Å². The molecule has 2 saturated heterocycles. The molecule has 6 atom stereocenters. The maximum Gasteiger partial charge on any atom is 0.127 e. The molecule has 0 N–H and O–H groups in total. The van der Waals surface area contributed by atoms with Gasteiger partial charge in [0.2, 0.25) is 0 Å². The normalized spacial score (nSPS) is 50.0. The van der Waals surface area contributed by atoms with Gasteiger partial charge in [-0.3, -0.25) is 0 Å². The van der Waals surface area contributed by atoms with Crippen LogP contribution in [0.25, 0.3) is 0 Å². The number of hydrogen-bond acceptors (Lipinski definition) is 3. The summed E-state index contributed by atoms with van der Waals surface area (Å²) in [4.78, 5) is 0. The van der Waals surface area contributed by atoms with Crippen LogP contribution < -0.4 is 0 Å². The molecule has 2 heterocycles. The largest absolute Gasteiger partial charge is 0.378 e. The Morgan fingerprint density at radius 3 is 2.70 bits per heavy atom. The first-order valence-corrected chi connectivity index (χ1v) is 7.55. The van der Waals surface area contributed by atoms with E-state index in [0.29, 0.717) is 6.42 Å². The predicted octanol–water partition coefficient (Wildman–Crippen LogP) is 3.03. The summed E-state index contributed by atoms with van der Waals surface area (Å²) < 4.78 is 31.4. The van der Waals surface area contributed by atoms with E-state index in [4.69, 9.17) is 14.2 Å². The summed E-state index contributed by atoms with van der Waals surface area (Å²) >= 11 is 0. The molecular formula is C16H25FO3. The second kappa shape index (κ2) is 4.79. The highest BCUT2D eigenvalue weighted by Crippen LogP contribution is 2.59. The van der Waals surface area contributed by atoms with Crippen LogP contribution in [-0.4, -0.2) is 43.3 Å². The minimum atomic E-state index is -0.912. The van der Waals surface area contributed by atoms with Crippen LogP contribution in [0.4, 0.5) is 4.39 Å². The zero-order valence-corrected chi connectivity index (χ0v) is 12.8. The summed E-state index contributed by atoms with van der Waals surface area (Å²) in [5, 5.41) is 0. The molecule has 0 radical (unpaired) electrons. The summed E-state index contributed by atoms with van der Waals surface area (Å²) in [7, 11) is 1.60. The number of methoxy groups -OCH3 is 1. The Hall–Kier alpha value is -0.450. The van der Waals surface area contributed by atoms with Crippen molar-refractivity contribution in [2.45, 2.75) is 69.6 Å². The fraction of sp³-hybridized carbons (Fsp3) is 0.875. The molecular weight excluding hydrogens is 259 g/mol. The maximum atomic E-state index is 14.2. The first kappa shape index (κ1) is 14.5. The van der Waals surface area contributed by atoms with Crippen LogP contribution in [0.5, 0.6) is 0 Å². The summed E-state index contributed by atoms with van der Waals surface area (Å²) in [5.41, 5.74) is 0.779. The van der Waals surface area contributed by atoms with E-state index in [-0.39, 0.29) is 23.2 Å². The topological polar surface area (TPSA) is 34.3 Å². The number of halogens is 1. The zero-order chi connectivity index (χ0) is 14.5. The lowest BCUT2D eigenvalue weighted by Gasteiger charge is -2.40. The van der Waals surface area contributed by atoms with Crippen molar-refractivity contribution in [3.8, 4) is 0 Å². The molecule has 0 aromatic carbocycles. The Balaban J connectivity index is 1.78. The SMILES string of the molecule is COC1C(F)CCC2(CO2)C1C1(C)OC1CC=C(C)C. The van der Waals surface area contributed by atoms with E-state index in [9.17, 15) is 4.39 Å². The highest BCUT2D eigenvalue weighted by molar-refractivity contribution is 5.20. The van der Waals surface area contributed by atoms with Crippen molar-refractivity contribution in [2.24, 2.45) is 5.92 Å². The van der Waals surface area contributed by atoms with Gasteiger partial charge >= 0.3 is 0 Å². The molecule has 0 aromatic rings. The van der Waals surface area contributed by atoms with Gasteiger partial charge in [-0.1, -0.05) is 11.6 Å². The van der Waals surface area contributed by atoms with Gasteiger partial charge in [-0.2, -0.15) is 0 Å². The van der Waals surface area contributed by atoms with E-state index in [1.807, 2.05) is 0 Å². The second-order valence-electron chi connectivity index (χ2n) is 6.89. The fourth-order valence-corrected chi connectivity index (χ4v) is 3.93. The molecule has 3 nitrogen and oxygen atoms in total. The van der Waals surface area contributed by atoms with E-state index in [1.165, 1.54) is 5.57 Å². The van der Waals surface area contributed by atoms with Crippen LogP contribution in [0.2, 0.25) is 0 Å². The van der Waals surface area contributed by atoms with Crippen LogP contribution in [0.15, 0.2) is 11.6 Å². The molecule has 4 heteroatoms. The summed E-state index contributed by atoms with van der Waals surface area (Å²) in [5.74, 6) is -0.000637. The molecule has 0 amide bonds. The quantitative estimate of drug-likeness (QED) is 0.588. The van der Waals surface area contributed by atoms with E-state index >= 15 is 0 Å². The zero-order valence-electron chi connectivity index (χ0n) is 12.8. The third-order valence-electron chi connectivity index (χ3n) is 5.22. The molecule has 1 aliphatic carbocycles. The van der Waals surface area contributed by atoms with E-state index in [1.54, 1.807) is 7.11 Å². The predicted molar refractivity (Wildman–Crippen MR) is 74.4 cm³/mol. The number of ether oxygens (including phenoxy) is 3. The van der Waals surface area contributed by atoms with Crippen molar-refractivity contribution in [1.29, 1.82) is 0 Å². The fourth-order valence-electron chi connectivity index (χ4n) is 3.93. The van der Waals surface area contributed by atoms with Crippen molar-refractivity contribution < 1.29 is 18.6 Å². The third-order valence-corrected chi connectivity index (χ3v) is 5.22. The molecule has 2 aliphatic heterocycles. The Labute approximate surface area is 120 Å². The lowest BCUT2D eigenvalue weighted by Crippen LogP contribution is -2.53. The number of alkyl halides is 1. The molecule has 3 fully saturated rings. The van der Waals surface area contributed by atoms with E-state index in [0.717, 1.165) is 19.4 Å². The Morgan fingerprint density at radius 2 is 2.15 bits per heavy atom. The van der Waals surface area contributed by atoms with Crippen LogP contribution in [0.3, 0.4) is 0 Å². The number of hydrogen-bond donors (Lipinski definition) is 0. The molecule has 1 spiro atoms. The Kier molecular flexibility index (Phi) is 3.47. The van der Waals surface area contributed by atoms with Gasteiger partial charge in [0.15, 0.2) is 0 Å². The van der Waals surface area contributed by atoms with Gasteiger partial charge in [0, 0.05) is 7.11 Å². The van der Waals surface area contributed by atoms with Crippen LogP contribution in [-0.2, 0) is 14.2 Å². The Morgan fingerprint density at radius 1 is 1.45 bits per heavy atom. The highest BCUT2D eigenvalue weighted by Gasteiger charge is 2.71. The summed E-state index contributed by atoms with van der Waals surface area (Å²) in [6.45, 7) is 6.98. The molecule has 6 unspecified atom stereocenters. The van der Waals surface area contributed by atoms with Gasteiger partial charge in [0.1, 0.15) is 11.8 Å². The van der Waals surface area contributed by atoms with Gasteiger partial charge in [-0.15, -0.1) is 0 Å². The first-order valence-electron chi connectivity index (χ1n) is 7.55. The van der Waals surface area contributed by atoms with Crippen molar-refractivity contribution in [2.75, 3.05) is 13.7 Å². The molecule has 3 aliphatic rings. The highest BCUT2D eigenvalue weighted by atomic mass is 19.1. The maximum absolute atomic E-state index is 14.2. The average Bonchev–Trinajstić information content (AvgIpc) is 3.29. The Bertz CT molecular complexity index is 414. The molecule has 1 saturated carbocycles. The van der Waals surface area contributed by atoms with Crippen LogP contribution >= 0.6 is 0 Å². The summed E-state index contributed by atoms with van der Waals surface area (Å²) in [6.07, 6.45) is 3.23. The molecule has 114 valence electrons. The van der Waals surface area contributed by atoms with Gasteiger partial charge in [0.25, 0.3) is 0 Å². The van der Waals surface area contributed by atoms with Crippen molar-refractivity contribution in [3.63, 3.8) is 0 Å². The minimum Gasteiger partial charge on any atom is -0.378 e. The summed E-state index contributed by atoms with van der Waals surface area (Å²) in [6, 6.07) is 0. The van der Waals surface area contributed by atoms with Crippen molar-refractivity contribution in [1.82, 2.24) is 0 Å². The number of allylic oxidation sites excluding steroid dienone is 1. The number of rotatable bonds is 4. The standard InChI is InChI=1S/C16H25FO3/c1-10(2)5-6-12-15(3,20-12)14-13(18-4)11(17)7-8-16(14)9-19-16/h5,11-14H,6-9H2,1-4H3. The van der Waals surface area contributed by atoms with Crippen LogP contribution in [0.1, 0.15) is 40.0 Å². The average molecular weight is 284 g/mol. The lowest BCUT2D eigenvalue weighted by molar-refractivity contribution is -0.0905. The number of epoxide rings is 2. The van der Waals surface area contributed by atoms with Gasteiger partial charge < -0.3 is 14.2 Å². The molecule has 3 rings (SSSR count). The smallest absolute Gasteiger partial charge is 0.127 e. The van der Waals surface area contributed by atoms with Gasteiger partial charge in [-0.25, -0.2) is 4.39 Å². The van der Waals surface area contributed by atoms with Crippen LogP contribution in [0, 0.1) is 5.92 Å². The monoisotopic (exact) mass is 284 g/mol.